The van der Waals surface area contributed by atoms with Crippen molar-refractivity contribution >= 4 is 40.7 Å². The van der Waals surface area contributed by atoms with Crippen LogP contribution >= 0.6 is 22.9 Å². The van der Waals surface area contributed by atoms with Gasteiger partial charge in [-0.1, -0.05) is 17.7 Å². The topological polar surface area (TPSA) is 53.5 Å². The second-order valence-electron chi connectivity index (χ2n) is 3.67. The minimum atomic E-state index is -0.206. The van der Waals surface area contributed by atoms with Crippen LogP contribution in [-0.4, -0.2) is 18.7 Å². The van der Waals surface area contributed by atoms with Crippen LogP contribution in [0.15, 0.2) is 46.9 Å². The van der Waals surface area contributed by atoms with Crippen molar-refractivity contribution in [2.45, 2.75) is 0 Å². The maximum absolute atomic E-state index is 11.5. The van der Waals surface area contributed by atoms with Gasteiger partial charge in [0.05, 0.1) is 12.8 Å². The van der Waals surface area contributed by atoms with E-state index < -0.39 is 0 Å². The van der Waals surface area contributed by atoms with Crippen molar-refractivity contribution in [3.05, 3.63) is 51.7 Å². The quantitative estimate of drug-likeness (QED) is 0.658. The molecule has 0 aliphatic heterocycles. The van der Waals surface area contributed by atoms with E-state index in [2.05, 4.69) is 15.8 Å². The molecule has 0 spiro atoms. The van der Waals surface area contributed by atoms with Gasteiger partial charge in [-0.25, -0.2) is 5.43 Å². The van der Waals surface area contributed by atoms with E-state index in [-0.39, 0.29) is 12.5 Å². The van der Waals surface area contributed by atoms with E-state index in [0.717, 1.165) is 10.6 Å². The number of rotatable bonds is 5. The summed E-state index contributed by atoms with van der Waals surface area (Å²) in [4.78, 5) is 12.5. The van der Waals surface area contributed by atoms with Crippen molar-refractivity contribution in [3.8, 4) is 0 Å². The lowest BCUT2D eigenvalue weighted by Gasteiger charge is -2.04. The lowest BCUT2D eigenvalue weighted by Crippen LogP contribution is -2.25. The predicted molar refractivity (Wildman–Crippen MR) is 80.0 cm³/mol. The number of hydrogen-bond acceptors (Lipinski definition) is 4. The zero-order valence-corrected chi connectivity index (χ0v) is 11.5. The Morgan fingerprint density at radius 1 is 1.32 bits per heavy atom. The van der Waals surface area contributed by atoms with Gasteiger partial charge >= 0.3 is 0 Å². The molecule has 0 bridgehead atoms. The Morgan fingerprint density at radius 3 is 2.79 bits per heavy atom. The van der Waals surface area contributed by atoms with Crippen LogP contribution in [0.5, 0.6) is 0 Å². The molecule has 4 nitrogen and oxygen atoms in total. The van der Waals surface area contributed by atoms with Crippen LogP contribution in [0.1, 0.15) is 4.88 Å². The van der Waals surface area contributed by atoms with Gasteiger partial charge in [0.25, 0.3) is 5.91 Å². The van der Waals surface area contributed by atoms with Crippen molar-refractivity contribution in [1.82, 2.24) is 5.43 Å². The van der Waals surface area contributed by atoms with Crippen LogP contribution < -0.4 is 10.7 Å². The molecule has 1 heterocycles. The molecule has 0 saturated carbocycles. The number of hydrogen-bond donors (Lipinski definition) is 2. The summed E-state index contributed by atoms with van der Waals surface area (Å²) in [6.07, 6.45) is 1.62. The molecule has 0 fully saturated rings. The summed E-state index contributed by atoms with van der Waals surface area (Å²) in [5.41, 5.74) is 3.29. The highest BCUT2D eigenvalue weighted by atomic mass is 35.5. The van der Waals surface area contributed by atoms with E-state index in [0.29, 0.717) is 5.02 Å². The first-order valence-corrected chi connectivity index (χ1v) is 6.84. The summed E-state index contributed by atoms with van der Waals surface area (Å²) in [7, 11) is 0. The molecule has 0 aliphatic carbocycles. The molecule has 0 atom stereocenters. The summed E-state index contributed by atoms with van der Waals surface area (Å²) in [5, 5.41) is 9.45. The van der Waals surface area contributed by atoms with E-state index in [4.69, 9.17) is 11.6 Å². The van der Waals surface area contributed by atoms with Crippen LogP contribution in [0.4, 0.5) is 5.69 Å². The second-order valence-corrected chi connectivity index (χ2v) is 5.08. The van der Waals surface area contributed by atoms with Gasteiger partial charge in [0, 0.05) is 15.6 Å². The first kappa shape index (κ1) is 13.6. The van der Waals surface area contributed by atoms with Crippen molar-refractivity contribution < 1.29 is 4.79 Å². The Bertz CT molecular complexity index is 552. The van der Waals surface area contributed by atoms with E-state index in [1.807, 2.05) is 29.6 Å². The molecule has 2 rings (SSSR count). The predicted octanol–water partition coefficient (Wildman–Crippen LogP) is 2.96. The van der Waals surface area contributed by atoms with Gasteiger partial charge in [0.1, 0.15) is 0 Å². The lowest BCUT2D eigenvalue weighted by molar-refractivity contribution is -0.119. The van der Waals surface area contributed by atoms with Gasteiger partial charge in [-0.2, -0.15) is 5.10 Å². The molecule has 2 N–H and O–H groups in total. The molecule has 0 aliphatic rings. The molecule has 2 aromatic rings. The maximum Gasteiger partial charge on any atom is 0.259 e. The lowest BCUT2D eigenvalue weighted by atomic mass is 10.3. The average molecular weight is 294 g/mol. The molecule has 0 saturated heterocycles. The fourth-order valence-electron chi connectivity index (χ4n) is 1.32. The van der Waals surface area contributed by atoms with Crippen LogP contribution in [0.3, 0.4) is 0 Å². The Balaban J connectivity index is 1.74. The van der Waals surface area contributed by atoms with Crippen LogP contribution in [0.2, 0.25) is 5.02 Å². The molecular formula is C13H12ClN3OS. The number of carbonyl (C=O) groups excluding carboxylic acids is 1. The normalized spacial score (nSPS) is 10.6. The smallest absolute Gasteiger partial charge is 0.259 e. The van der Waals surface area contributed by atoms with Crippen LogP contribution in [-0.2, 0) is 4.79 Å². The minimum absolute atomic E-state index is 0.156. The van der Waals surface area contributed by atoms with Gasteiger partial charge in [-0.05, 0) is 35.7 Å². The Morgan fingerprint density at radius 2 is 2.11 bits per heavy atom. The van der Waals surface area contributed by atoms with Crippen molar-refractivity contribution in [2.24, 2.45) is 5.10 Å². The van der Waals surface area contributed by atoms with Crippen LogP contribution in [0.25, 0.3) is 0 Å². The molecule has 19 heavy (non-hydrogen) atoms. The zero-order chi connectivity index (χ0) is 13.5. The number of anilines is 1. The summed E-state index contributed by atoms with van der Waals surface area (Å²) in [6.45, 7) is 0.156. The van der Waals surface area contributed by atoms with Crippen molar-refractivity contribution in [2.75, 3.05) is 11.9 Å². The molecule has 1 amide bonds. The van der Waals surface area contributed by atoms with E-state index in [1.165, 1.54) is 0 Å². The average Bonchev–Trinajstić information content (AvgIpc) is 2.91. The summed E-state index contributed by atoms with van der Waals surface area (Å²) in [6, 6.07) is 11.0. The Labute approximate surface area is 120 Å². The van der Waals surface area contributed by atoms with Crippen LogP contribution in [0, 0.1) is 0 Å². The number of nitrogens with one attached hydrogen (secondary N) is 2. The molecule has 0 radical (unpaired) electrons. The van der Waals surface area contributed by atoms with Gasteiger partial charge in [0.2, 0.25) is 0 Å². The number of nitrogens with zero attached hydrogens (tertiary/aromatic N) is 1. The Kier molecular flexibility index (Phi) is 4.94. The molecule has 98 valence electrons. The number of benzene rings is 1. The third-order valence-corrected chi connectivity index (χ3v) is 3.28. The first-order chi connectivity index (χ1) is 9.24. The van der Waals surface area contributed by atoms with Gasteiger partial charge in [0.15, 0.2) is 0 Å². The largest absolute Gasteiger partial charge is 0.376 e. The highest BCUT2D eigenvalue weighted by molar-refractivity contribution is 7.11. The fraction of sp³-hybridized carbons (Fsp3) is 0.0769. The maximum atomic E-state index is 11.5. The van der Waals surface area contributed by atoms with Crippen molar-refractivity contribution in [1.29, 1.82) is 0 Å². The second kappa shape index (κ2) is 6.92. The molecule has 1 aromatic heterocycles. The van der Waals surface area contributed by atoms with Gasteiger partial charge in [-0.15, -0.1) is 11.3 Å². The number of hydrazone groups is 1. The monoisotopic (exact) mass is 293 g/mol. The Hall–Kier alpha value is -1.85. The summed E-state index contributed by atoms with van der Waals surface area (Å²) in [5.74, 6) is -0.206. The zero-order valence-electron chi connectivity index (χ0n) is 9.97. The third-order valence-electron chi connectivity index (χ3n) is 2.22. The SMILES string of the molecule is O=C(CNc1ccc(Cl)cc1)NN=Cc1cccs1. The molecule has 1 aromatic carbocycles. The number of thiophene rings is 1. The van der Waals surface area contributed by atoms with Gasteiger partial charge < -0.3 is 5.32 Å². The standard InChI is InChI=1S/C13H12ClN3OS/c14-10-3-5-11(6-4-10)15-9-13(18)17-16-8-12-2-1-7-19-12/h1-8,15H,9H2,(H,17,18). The number of carbonyl (C=O) groups is 1. The van der Waals surface area contributed by atoms with E-state index in [1.54, 1.807) is 29.7 Å². The third kappa shape index (κ3) is 4.73. The number of amides is 1. The molecular weight excluding hydrogens is 282 g/mol. The van der Waals surface area contributed by atoms with E-state index in [9.17, 15) is 4.79 Å². The number of halogens is 1. The first-order valence-electron chi connectivity index (χ1n) is 5.59. The molecule has 6 heteroatoms. The van der Waals surface area contributed by atoms with Gasteiger partial charge in [-0.3, -0.25) is 4.79 Å². The molecule has 0 unspecified atom stereocenters. The highest BCUT2D eigenvalue weighted by Crippen LogP contribution is 2.12. The minimum Gasteiger partial charge on any atom is -0.376 e. The highest BCUT2D eigenvalue weighted by Gasteiger charge is 1.99. The fourth-order valence-corrected chi connectivity index (χ4v) is 2.03. The van der Waals surface area contributed by atoms with Crippen molar-refractivity contribution in [3.63, 3.8) is 0 Å². The summed E-state index contributed by atoms with van der Waals surface area (Å²) < 4.78 is 0. The van der Waals surface area contributed by atoms with E-state index >= 15 is 0 Å². The summed E-state index contributed by atoms with van der Waals surface area (Å²) >= 11 is 7.32.